The second-order valence-corrected chi connectivity index (χ2v) is 8.10. The molecular weight excluding hydrogens is 442 g/mol. The van der Waals surface area contributed by atoms with E-state index in [0.717, 1.165) is 33.5 Å². The molecule has 4 aromatic rings. The van der Waals surface area contributed by atoms with Crippen molar-refractivity contribution in [2.75, 3.05) is 11.4 Å². The molecule has 0 aliphatic rings. The van der Waals surface area contributed by atoms with E-state index in [1.807, 2.05) is 36.7 Å². The summed E-state index contributed by atoms with van der Waals surface area (Å²) < 4.78 is 30.0. The van der Waals surface area contributed by atoms with E-state index >= 15 is 0 Å². The van der Waals surface area contributed by atoms with Gasteiger partial charge in [-0.05, 0) is 55.7 Å². The lowest BCUT2D eigenvalue weighted by molar-refractivity contribution is 0.0985. The number of nitrogens with zero attached hydrogens (tertiary/aromatic N) is 4. The van der Waals surface area contributed by atoms with Gasteiger partial charge in [0.15, 0.2) is 16.8 Å². The molecule has 0 saturated heterocycles. The van der Waals surface area contributed by atoms with Crippen molar-refractivity contribution >= 4 is 45.0 Å². The zero-order valence-electron chi connectivity index (χ0n) is 17.0. The summed E-state index contributed by atoms with van der Waals surface area (Å²) in [5.74, 6) is -2.44. The van der Waals surface area contributed by atoms with Gasteiger partial charge in [-0.25, -0.2) is 18.7 Å². The lowest BCUT2D eigenvalue weighted by atomic mass is 10.1. The average molecular weight is 463 g/mol. The van der Waals surface area contributed by atoms with Gasteiger partial charge in [-0.15, -0.1) is 12.4 Å². The van der Waals surface area contributed by atoms with E-state index in [-0.39, 0.29) is 18.0 Å². The van der Waals surface area contributed by atoms with E-state index < -0.39 is 17.5 Å². The number of halogens is 3. The first kappa shape index (κ1) is 22.8. The van der Waals surface area contributed by atoms with Gasteiger partial charge in [0, 0.05) is 31.0 Å². The number of rotatable bonds is 6. The summed E-state index contributed by atoms with van der Waals surface area (Å²) in [6.07, 6.45) is 5.92. The van der Waals surface area contributed by atoms with Gasteiger partial charge in [0.25, 0.3) is 5.91 Å². The summed E-state index contributed by atoms with van der Waals surface area (Å²) in [6.45, 7) is 5.07. The SMILES string of the molecule is Cc1ccc2sc(N(CCCn3ccnc3)C(=O)c3ccc(F)c(F)c3)nc2c1C.Cl. The summed E-state index contributed by atoms with van der Waals surface area (Å²) in [4.78, 5) is 23.5. The number of aryl methyl sites for hydroxylation is 3. The standard InChI is InChI=1S/C22H20F2N4OS.ClH/c1-14-4-7-19-20(15(14)2)26-22(30-19)28(10-3-9-27-11-8-25-13-27)21(29)16-5-6-17(23)18(24)12-16;/h4-8,11-13H,3,9-10H2,1-2H3;1H. The third-order valence-electron chi connectivity index (χ3n) is 5.07. The monoisotopic (exact) mass is 462 g/mol. The molecule has 0 atom stereocenters. The van der Waals surface area contributed by atoms with E-state index in [9.17, 15) is 13.6 Å². The highest BCUT2D eigenvalue weighted by Crippen LogP contribution is 2.33. The van der Waals surface area contributed by atoms with Crippen LogP contribution in [0.25, 0.3) is 10.2 Å². The Morgan fingerprint density at radius 1 is 1.16 bits per heavy atom. The molecule has 0 bridgehead atoms. The molecule has 31 heavy (non-hydrogen) atoms. The first-order valence-corrected chi connectivity index (χ1v) is 10.3. The van der Waals surface area contributed by atoms with Gasteiger partial charge >= 0.3 is 0 Å². The van der Waals surface area contributed by atoms with Gasteiger partial charge in [0.1, 0.15) is 0 Å². The van der Waals surface area contributed by atoms with Crippen molar-refractivity contribution in [3.05, 3.63) is 77.4 Å². The third-order valence-corrected chi connectivity index (χ3v) is 6.12. The van der Waals surface area contributed by atoms with Crippen LogP contribution >= 0.6 is 23.7 Å². The highest BCUT2D eigenvalue weighted by molar-refractivity contribution is 7.22. The number of hydrogen-bond acceptors (Lipinski definition) is 4. The van der Waals surface area contributed by atoms with Gasteiger partial charge in [-0.2, -0.15) is 0 Å². The number of carbonyl (C=O) groups is 1. The summed E-state index contributed by atoms with van der Waals surface area (Å²) >= 11 is 1.41. The first-order chi connectivity index (χ1) is 14.4. The molecule has 0 spiro atoms. The number of fused-ring (bicyclic) bond motifs is 1. The first-order valence-electron chi connectivity index (χ1n) is 9.53. The Bertz CT molecular complexity index is 1210. The molecule has 0 aliphatic carbocycles. The number of anilines is 1. The summed E-state index contributed by atoms with van der Waals surface area (Å²) in [7, 11) is 0. The third kappa shape index (κ3) is 4.75. The summed E-state index contributed by atoms with van der Waals surface area (Å²) in [5, 5.41) is 0.541. The highest BCUT2D eigenvalue weighted by Gasteiger charge is 2.23. The molecule has 162 valence electrons. The summed E-state index contributed by atoms with van der Waals surface area (Å²) in [5.41, 5.74) is 3.13. The molecule has 0 fully saturated rings. The predicted molar refractivity (Wildman–Crippen MR) is 121 cm³/mol. The molecule has 0 radical (unpaired) electrons. The number of thiazole rings is 1. The van der Waals surface area contributed by atoms with Crippen molar-refractivity contribution in [3.8, 4) is 0 Å². The maximum absolute atomic E-state index is 13.7. The highest BCUT2D eigenvalue weighted by atomic mass is 35.5. The fraction of sp³-hybridized carbons (Fsp3) is 0.227. The molecule has 1 amide bonds. The molecule has 2 aromatic heterocycles. The van der Waals surface area contributed by atoms with E-state index in [1.165, 1.54) is 17.4 Å². The second-order valence-electron chi connectivity index (χ2n) is 7.09. The van der Waals surface area contributed by atoms with Crippen molar-refractivity contribution in [2.45, 2.75) is 26.8 Å². The Morgan fingerprint density at radius 2 is 1.97 bits per heavy atom. The Hall–Kier alpha value is -2.84. The molecule has 5 nitrogen and oxygen atoms in total. The molecular formula is C22H21ClF2N4OS. The van der Waals surface area contributed by atoms with E-state index in [2.05, 4.69) is 4.98 Å². The van der Waals surface area contributed by atoms with Gasteiger partial charge in [0.2, 0.25) is 0 Å². The lowest BCUT2D eigenvalue weighted by Gasteiger charge is -2.20. The van der Waals surface area contributed by atoms with Crippen LogP contribution in [0.1, 0.15) is 27.9 Å². The van der Waals surface area contributed by atoms with Crippen LogP contribution in [0.15, 0.2) is 49.1 Å². The number of benzene rings is 2. The molecule has 2 aromatic carbocycles. The Morgan fingerprint density at radius 3 is 2.68 bits per heavy atom. The molecule has 2 heterocycles. The predicted octanol–water partition coefficient (Wildman–Crippen LogP) is 5.55. The number of aromatic nitrogens is 3. The minimum Gasteiger partial charge on any atom is -0.337 e. The number of carbonyl (C=O) groups excluding carboxylic acids is 1. The van der Waals surface area contributed by atoms with Crippen LogP contribution in [0.2, 0.25) is 0 Å². The normalized spacial score (nSPS) is 10.8. The summed E-state index contributed by atoms with van der Waals surface area (Å²) in [6, 6.07) is 7.22. The van der Waals surface area contributed by atoms with E-state index in [4.69, 9.17) is 4.98 Å². The fourth-order valence-electron chi connectivity index (χ4n) is 3.23. The molecule has 4 rings (SSSR count). The molecule has 0 saturated carbocycles. The van der Waals surface area contributed by atoms with Crippen molar-refractivity contribution in [1.82, 2.24) is 14.5 Å². The average Bonchev–Trinajstić information content (AvgIpc) is 3.40. The Kier molecular flexibility index (Phi) is 7.02. The maximum atomic E-state index is 13.7. The van der Waals surface area contributed by atoms with Crippen molar-refractivity contribution < 1.29 is 13.6 Å². The molecule has 0 unspecified atom stereocenters. The lowest BCUT2D eigenvalue weighted by Crippen LogP contribution is -2.32. The van der Waals surface area contributed by atoms with E-state index in [0.29, 0.717) is 24.6 Å². The number of amides is 1. The van der Waals surface area contributed by atoms with Crippen LogP contribution in [-0.2, 0) is 6.54 Å². The minimum absolute atomic E-state index is 0. The molecule has 0 aliphatic heterocycles. The minimum atomic E-state index is -1.05. The van der Waals surface area contributed by atoms with Crippen LogP contribution in [0.4, 0.5) is 13.9 Å². The van der Waals surface area contributed by atoms with Gasteiger partial charge < -0.3 is 4.57 Å². The number of hydrogen-bond donors (Lipinski definition) is 0. The van der Waals surface area contributed by atoms with Gasteiger partial charge in [0.05, 0.1) is 16.5 Å². The van der Waals surface area contributed by atoms with Crippen LogP contribution in [0.5, 0.6) is 0 Å². The van der Waals surface area contributed by atoms with Crippen LogP contribution in [-0.4, -0.2) is 27.0 Å². The smallest absolute Gasteiger partial charge is 0.260 e. The topological polar surface area (TPSA) is 51.0 Å². The maximum Gasteiger partial charge on any atom is 0.260 e. The number of imidazole rings is 1. The quantitative estimate of drug-likeness (QED) is 0.377. The van der Waals surface area contributed by atoms with Crippen LogP contribution in [0.3, 0.4) is 0 Å². The van der Waals surface area contributed by atoms with Crippen molar-refractivity contribution in [2.24, 2.45) is 0 Å². The van der Waals surface area contributed by atoms with Crippen molar-refractivity contribution in [1.29, 1.82) is 0 Å². The zero-order valence-corrected chi connectivity index (χ0v) is 18.6. The largest absolute Gasteiger partial charge is 0.337 e. The van der Waals surface area contributed by atoms with Crippen LogP contribution in [0, 0.1) is 25.5 Å². The Balaban J connectivity index is 0.00000272. The van der Waals surface area contributed by atoms with E-state index in [1.54, 1.807) is 17.4 Å². The van der Waals surface area contributed by atoms with Crippen LogP contribution < -0.4 is 4.90 Å². The zero-order chi connectivity index (χ0) is 21.3. The Labute approximate surface area is 188 Å². The second kappa shape index (κ2) is 9.53. The molecule has 9 heteroatoms. The van der Waals surface area contributed by atoms with Gasteiger partial charge in [-0.3, -0.25) is 9.69 Å². The van der Waals surface area contributed by atoms with Crippen molar-refractivity contribution in [3.63, 3.8) is 0 Å². The van der Waals surface area contributed by atoms with Gasteiger partial charge in [-0.1, -0.05) is 17.4 Å². The fourth-order valence-corrected chi connectivity index (χ4v) is 4.28. The molecule has 0 N–H and O–H groups in total.